The van der Waals surface area contributed by atoms with Gasteiger partial charge >= 0.3 is 5.97 Å². The second-order valence-corrected chi connectivity index (χ2v) is 5.01. The van der Waals surface area contributed by atoms with Crippen molar-refractivity contribution < 1.29 is 14.3 Å². The van der Waals surface area contributed by atoms with Gasteiger partial charge in [-0.15, -0.1) is 0 Å². The molecule has 0 unspecified atom stereocenters. The SMILES string of the molecule is COC(=O)c1ccc(C(=O)c2cc(Cl)cc(Cl)c2)n1C. The van der Waals surface area contributed by atoms with Gasteiger partial charge in [-0.3, -0.25) is 4.79 Å². The fourth-order valence-corrected chi connectivity index (χ4v) is 2.41. The highest BCUT2D eigenvalue weighted by Crippen LogP contribution is 2.22. The van der Waals surface area contributed by atoms with Crippen LogP contribution in [0.15, 0.2) is 30.3 Å². The minimum atomic E-state index is -0.504. The predicted octanol–water partition coefficient (Wildman–Crippen LogP) is 3.35. The number of ketones is 1. The van der Waals surface area contributed by atoms with E-state index in [1.165, 1.54) is 29.9 Å². The fraction of sp³-hybridized carbons (Fsp3) is 0.143. The number of nitrogens with zero attached hydrogens (tertiary/aromatic N) is 1. The van der Waals surface area contributed by atoms with Crippen molar-refractivity contribution in [3.8, 4) is 0 Å². The second-order valence-electron chi connectivity index (χ2n) is 4.14. The highest BCUT2D eigenvalue weighted by Gasteiger charge is 2.19. The largest absolute Gasteiger partial charge is 0.464 e. The van der Waals surface area contributed by atoms with Gasteiger partial charge in [0, 0.05) is 22.7 Å². The molecule has 0 amide bonds. The van der Waals surface area contributed by atoms with Gasteiger partial charge in [-0.05, 0) is 30.3 Å². The molecule has 0 N–H and O–H groups in total. The zero-order valence-electron chi connectivity index (χ0n) is 10.8. The summed E-state index contributed by atoms with van der Waals surface area (Å²) in [7, 11) is 2.90. The third-order valence-electron chi connectivity index (χ3n) is 2.87. The molecule has 0 spiro atoms. The quantitative estimate of drug-likeness (QED) is 0.645. The predicted molar refractivity (Wildman–Crippen MR) is 76.6 cm³/mol. The summed E-state index contributed by atoms with van der Waals surface area (Å²) in [4.78, 5) is 23.9. The molecule has 0 atom stereocenters. The van der Waals surface area contributed by atoms with E-state index in [4.69, 9.17) is 23.2 Å². The summed E-state index contributed by atoms with van der Waals surface area (Å²) in [6.07, 6.45) is 0. The number of carbonyl (C=O) groups is 2. The fourth-order valence-electron chi connectivity index (χ4n) is 1.88. The maximum Gasteiger partial charge on any atom is 0.354 e. The Bertz CT molecular complexity index is 671. The molecular weight excluding hydrogens is 301 g/mol. The van der Waals surface area contributed by atoms with Crippen molar-refractivity contribution in [1.29, 1.82) is 0 Å². The van der Waals surface area contributed by atoms with Crippen molar-refractivity contribution in [1.82, 2.24) is 4.57 Å². The van der Waals surface area contributed by atoms with Crippen LogP contribution in [0.4, 0.5) is 0 Å². The molecule has 0 fully saturated rings. The normalized spacial score (nSPS) is 10.4. The van der Waals surface area contributed by atoms with Crippen LogP contribution in [0.5, 0.6) is 0 Å². The Labute approximate surface area is 125 Å². The van der Waals surface area contributed by atoms with Crippen molar-refractivity contribution in [2.45, 2.75) is 0 Å². The van der Waals surface area contributed by atoms with Crippen LogP contribution in [0, 0.1) is 0 Å². The Morgan fingerprint density at radius 1 is 1.05 bits per heavy atom. The minimum Gasteiger partial charge on any atom is -0.464 e. The molecule has 6 heteroatoms. The summed E-state index contributed by atoms with van der Waals surface area (Å²) in [5, 5.41) is 0.756. The Kier molecular flexibility index (Phi) is 4.16. The molecular formula is C14H11Cl2NO3. The molecule has 20 heavy (non-hydrogen) atoms. The molecule has 4 nitrogen and oxygen atoms in total. The van der Waals surface area contributed by atoms with Crippen LogP contribution in [0.3, 0.4) is 0 Å². The first-order valence-electron chi connectivity index (χ1n) is 5.69. The second kappa shape index (κ2) is 5.69. The third kappa shape index (κ3) is 2.71. The third-order valence-corrected chi connectivity index (χ3v) is 3.31. The van der Waals surface area contributed by atoms with E-state index in [0.29, 0.717) is 27.0 Å². The van der Waals surface area contributed by atoms with E-state index in [0.717, 1.165) is 0 Å². The smallest absolute Gasteiger partial charge is 0.354 e. The Morgan fingerprint density at radius 2 is 1.60 bits per heavy atom. The molecule has 0 aliphatic heterocycles. The summed E-state index contributed by atoms with van der Waals surface area (Å²) < 4.78 is 6.12. The van der Waals surface area contributed by atoms with Gasteiger partial charge < -0.3 is 9.30 Å². The maximum absolute atomic E-state index is 12.4. The number of hydrogen-bond donors (Lipinski definition) is 0. The number of ether oxygens (including phenoxy) is 1. The highest BCUT2D eigenvalue weighted by atomic mass is 35.5. The van der Waals surface area contributed by atoms with Gasteiger partial charge in [0.05, 0.1) is 12.8 Å². The molecule has 1 heterocycles. The van der Waals surface area contributed by atoms with Crippen molar-refractivity contribution >= 4 is 35.0 Å². The Morgan fingerprint density at radius 3 is 2.15 bits per heavy atom. The first-order valence-corrected chi connectivity index (χ1v) is 6.44. The van der Waals surface area contributed by atoms with E-state index in [2.05, 4.69) is 4.74 Å². The zero-order valence-corrected chi connectivity index (χ0v) is 12.3. The summed E-state index contributed by atoms with van der Waals surface area (Å²) >= 11 is 11.8. The van der Waals surface area contributed by atoms with E-state index >= 15 is 0 Å². The summed E-state index contributed by atoms with van der Waals surface area (Å²) in [5.74, 6) is -0.775. The monoisotopic (exact) mass is 311 g/mol. The maximum atomic E-state index is 12.4. The van der Waals surface area contributed by atoms with Gasteiger partial charge in [0.1, 0.15) is 5.69 Å². The van der Waals surface area contributed by atoms with Gasteiger partial charge in [0.2, 0.25) is 5.78 Å². The molecule has 2 rings (SSSR count). The lowest BCUT2D eigenvalue weighted by molar-refractivity contribution is 0.0590. The first kappa shape index (κ1) is 14.6. The standard InChI is InChI=1S/C14H11Cl2NO3/c1-17-11(3-4-12(17)14(19)20-2)13(18)8-5-9(15)7-10(16)6-8/h3-7H,1-2H3. The van der Waals surface area contributed by atoms with Crippen LogP contribution < -0.4 is 0 Å². The van der Waals surface area contributed by atoms with Crippen LogP contribution in [-0.4, -0.2) is 23.4 Å². The highest BCUT2D eigenvalue weighted by molar-refractivity contribution is 6.35. The zero-order chi connectivity index (χ0) is 14.9. The number of carbonyl (C=O) groups excluding carboxylic acids is 2. The molecule has 0 bridgehead atoms. The van der Waals surface area contributed by atoms with Crippen LogP contribution >= 0.6 is 23.2 Å². The molecule has 2 aromatic rings. The molecule has 0 aliphatic carbocycles. The Hall–Kier alpha value is -1.78. The van der Waals surface area contributed by atoms with Crippen LogP contribution in [-0.2, 0) is 11.8 Å². The topological polar surface area (TPSA) is 48.3 Å². The first-order chi connectivity index (χ1) is 9.43. The van der Waals surface area contributed by atoms with Crippen molar-refractivity contribution in [2.24, 2.45) is 7.05 Å². The van der Waals surface area contributed by atoms with Gasteiger partial charge in [-0.1, -0.05) is 23.2 Å². The lowest BCUT2D eigenvalue weighted by atomic mass is 10.1. The van der Waals surface area contributed by atoms with E-state index in [9.17, 15) is 9.59 Å². The van der Waals surface area contributed by atoms with E-state index in [-0.39, 0.29) is 5.78 Å². The van der Waals surface area contributed by atoms with E-state index < -0.39 is 5.97 Å². The molecule has 0 radical (unpaired) electrons. The number of aromatic nitrogens is 1. The summed E-state index contributed by atoms with van der Waals surface area (Å²) in [6, 6.07) is 7.69. The number of methoxy groups -OCH3 is 1. The van der Waals surface area contributed by atoms with Gasteiger partial charge in [0.25, 0.3) is 0 Å². The minimum absolute atomic E-state index is 0.271. The van der Waals surface area contributed by atoms with Gasteiger partial charge in [-0.25, -0.2) is 4.79 Å². The lowest BCUT2D eigenvalue weighted by Gasteiger charge is -2.06. The number of rotatable bonds is 3. The van der Waals surface area contributed by atoms with E-state index in [1.807, 2.05) is 0 Å². The molecule has 1 aromatic carbocycles. The van der Waals surface area contributed by atoms with Crippen molar-refractivity contribution in [2.75, 3.05) is 7.11 Å². The molecule has 1 aromatic heterocycles. The average Bonchev–Trinajstić information content (AvgIpc) is 2.77. The van der Waals surface area contributed by atoms with Crippen molar-refractivity contribution in [3.05, 3.63) is 57.3 Å². The summed E-state index contributed by atoms with van der Waals surface area (Å²) in [6.45, 7) is 0. The number of esters is 1. The number of hydrogen-bond acceptors (Lipinski definition) is 3. The number of benzene rings is 1. The summed E-state index contributed by atoms with van der Waals surface area (Å²) in [5.41, 5.74) is 1.01. The van der Waals surface area contributed by atoms with E-state index in [1.54, 1.807) is 19.2 Å². The van der Waals surface area contributed by atoms with Gasteiger partial charge in [-0.2, -0.15) is 0 Å². The molecule has 0 saturated carbocycles. The lowest BCUT2D eigenvalue weighted by Crippen LogP contribution is -2.13. The Balaban J connectivity index is 2.44. The van der Waals surface area contributed by atoms with Gasteiger partial charge in [0.15, 0.2) is 0 Å². The van der Waals surface area contributed by atoms with Crippen LogP contribution in [0.25, 0.3) is 0 Å². The molecule has 0 saturated heterocycles. The van der Waals surface area contributed by atoms with Crippen LogP contribution in [0.1, 0.15) is 26.5 Å². The number of halogens is 2. The van der Waals surface area contributed by atoms with Crippen LogP contribution in [0.2, 0.25) is 10.0 Å². The molecule has 104 valence electrons. The average molecular weight is 312 g/mol. The van der Waals surface area contributed by atoms with Crippen molar-refractivity contribution in [3.63, 3.8) is 0 Å². The molecule has 0 aliphatic rings.